The van der Waals surface area contributed by atoms with Crippen molar-refractivity contribution in [3.05, 3.63) is 35.9 Å². The van der Waals surface area contributed by atoms with Gasteiger partial charge in [-0.05, 0) is 18.4 Å². The molecule has 0 unspecified atom stereocenters. The van der Waals surface area contributed by atoms with Crippen molar-refractivity contribution in [2.24, 2.45) is 0 Å². The Labute approximate surface area is 103 Å². The number of hydrogen-bond donors (Lipinski definition) is 2. The zero-order chi connectivity index (χ0) is 11.9. The fourth-order valence-corrected chi connectivity index (χ4v) is 1.86. The third kappa shape index (κ3) is 4.46. The van der Waals surface area contributed by atoms with Crippen LogP contribution in [0, 0.1) is 0 Å². The number of ether oxygens (including phenoxy) is 1. The van der Waals surface area contributed by atoms with E-state index in [0.29, 0.717) is 25.8 Å². The van der Waals surface area contributed by atoms with Crippen LogP contribution in [0.15, 0.2) is 30.3 Å². The standard InChI is InChI=1S/C14H21NO2/c16-14(9-15-13-7-4-8-13)11-17-10-12-5-2-1-3-6-12/h1-3,5-6,13-16H,4,7-11H2/t14-/m0/s1. The Morgan fingerprint density at radius 1 is 1.29 bits per heavy atom. The van der Waals surface area contributed by atoms with Crippen molar-refractivity contribution < 1.29 is 9.84 Å². The highest BCUT2D eigenvalue weighted by Gasteiger charge is 2.17. The lowest BCUT2D eigenvalue weighted by molar-refractivity contribution is 0.0263. The van der Waals surface area contributed by atoms with Crippen LogP contribution in [0.1, 0.15) is 24.8 Å². The normalized spacial score (nSPS) is 17.7. The van der Waals surface area contributed by atoms with Gasteiger partial charge in [-0.2, -0.15) is 0 Å². The summed E-state index contributed by atoms with van der Waals surface area (Å²) in [6.07, 6.45) is 3.41. The molecule has 17 heavy (non-hydrogen) atoms. The number of rotatable bonds is 7. The molecule has 0 spiro atoms. The molecule has 1 saturated carbocycles. The monoisotopic (exact) mass is 235 g/mol. The Balaban J connectivity index is 1.54. The Bertz CT molecular complexity index is 311. The molecule has 1 aromatic carbocycles. The highest BCUT2D eigenvalue weighted by molar-refractivity contribution is 5.13. The minimum Gasteiger partial charge on any atom is -0.389 e. The van der Waals surface area contributed by atoms with Crippen molar-refractivity contribution in [2.75, 3.05) is 13.2 Å². The first-order valence-corrected chi connectivity index (χ1v) is 6.38. The van der Waals surface area contributed by atoms with Crippen molar-refractivity contribution in [1.82, 2.24) is 5.32 Å². The van der Waals surface area contributed by atoms with E-state index >= 15 is 0 Å². The second-order valence-electron chi connectivity index (χ2n) is 4.69. The molecule has 1 aromatic rings. The molecule has 3 nitrogen and oxygen atoms in total. The summed E-state index contributed by atoms with van der Waals surface area (Å²) in [4.78, 5) is 0. The minimum atomic E-state index is -0.403. The van der Waals surface area contributed by atoms with E-state index in [1.165, 1.54) is 19.3 Å². The van der Waals surface area contributed by atoms with E-state index in [-0.39, 0.29) is 0 Å². The molecule has 2 N–H and O–H groups in total. The summed E-state index contributed by atoms with van der Waals surface area (Å²) < 4.78 is 5.48. The van der Waals surface area contributed by atoms with Crippen molar-refractivity contribution in [3.63, 3.8) is 0 Å². The predicted octanol–water partition coefficient (Wildman–Crippen LogP) is 1.71. The van der Waals surface area contributed by atoms with Gasteiger partial charge in [0.25, 0.3) is 0 Å². The largest absolute Gasteiger partial charge is 0.389 e. The molecule has 0 radical (unpaired) electrons. The van der Waals surface area contributed by atoms with Gasteiger partial charge in [0.05, 0.1) is 19.3 Å². The molecule has 1 atom stereocenters. The Hall–Kier alpha value is -0.900. The van der Waals surface area contributed by atoms with Crippen molar-refractivity contribution in [3.8, 4) is 0 Å². The molecule has 2 rings (SSSR count). The van der Waals surface area contributed by atoms with Gasteiger partial charge in [-0.3, -0.25) is 0 Å². The van der Waals surface area contributed by atoms with Crippen LogP contribution < -0.4 is 5.32 Å². The maximum atomic E-state index is 9.71. The lowest BCUT2D eigenvalue weighted by Crippen LogP contribution is -2.41. The number of aliphatic hydroxyl groups excluding tert-OH is 1. The summed E-state index contributed by atoms with van der Waals surface area (Å²) in [6.45, 7) is 1.61. The van der Waals surface area contributed by atoms with E-state index in [4.69, 9.17) is 4.74 Å². The van der Waals surface area contributed by atoms with Gasteiger partial charge in [-0.15, -0.1) is 0 Å². The number of aliphatic hydroxyl groups is 1. The summed E-state index contributed by atoms with van der Waals surface area (Å²) in [5.74, 6) is 0. The summed E-state index contributed by atoms with van der Waals surface area (Å²) in [6, 6.07) is 10.7. The third-order valence-electron chi connectivity index (χ3n) is 3.17. The van der Waals surface area contributed by atoms with Crippen molar-refractivity contribution >= 4 is 0 Å². The molecule has 3 heteroatoms. The van der Waals surface area contributed by atoms with E-state index in [1.54, 1.807) is 0 Å². The summed E-state index contributed by atoms with van der Waals surface area (Å²) in [5.41, 5.74) is 1.15. The molecule has 0 aromatic heterocycles. The van der Waals surface area contributed by atoms with Crippen LogP contribution >= 0.6 is 0 Å². The quantitative estimate of drug-likeness (QED) is 0.756. The van der Waals surface area contributed by atoms with Crippen LogP contribution in [0.5, 0.6) is 0 Å². The summed E-state index contributed by atoms with van der Waals surface area (Å²) >= 11 is 0. The average molecular weight is 235 g/mol. The highest BCUT2D eigenvalue weighted by atomic mass is 16.5. The first-order valence-electron chi connectivity index (χ1n) is 6.38. The summed E-state index contributed by atoms with van der Waals surface area (Å²) in [5, 5.41) is 13.0. The SMILES string of the molecule is O[C@@H](CNC1CCC1)COCc1ccccc1. The smallest absolute Gasteiger partial charge is 0.0897 e. The van der Waals surface area contributed by atoms with Gasteiger partial charge in [0.15, 0.2) is 0 Å². The van der Waals surface area contributed by atoms with E-state index in [0.717, 1.165) is 5.56 Å². The lowest BCUT2D eigenvalue weighted by Gasteiger charge is -2.27. The molecule has 0 amide bonds. The fraction of sp³-hybridized carbons (Fsp3) is 0.571. The first-order chi connectivity index (χ1) is 8.34. The van der Waals surface area contributed by atoms with Gasteiger partial charge in [0, 0.05) is 12.6 Å². The van der Waals surface area contributed by atoms with Gasteiger partial charge < -0.3 is 15.2 Å². The second kappa shape index (κ2) is 6.74. The number of benzene rings is 1. The topological polar surface area (TPSA) is 41.5 Å². The zero-order valence-electron chi connectivity index (χ0n) is 10.1. The van der Waals surface area contributed by atoms with Crippen LogP contribution in [-0.4, -0.2) is 30.4 Å². The Morgan fingerprint density at radius 2 is 2.06 bits per heavy atom. The molecule has 0 bridgehead atoms. The van der Waals surface area contributed by atoms with Crippen LogP contribution in [-0.2, 0) is 11.3 Å². The zero-order valence-corrected chi connectivity index (χ0v) is 10.1. The van der Waals surface area contributed by atoms with Gasteiger partial charge >= 0.3 is 0 Å². The molecule has 1 fully saturated rings. The van der Waals surface area contributed by atoms with Gasteiger partial charge in [0.2, 0.25) is 0 Å². The van der Waals surface area contributed by atoms with Crippen LogP contribution in [0.3, 0.4) is 0 Å². The predicted molar refractivity (Wildman–Crippen MR) is 67.7 cm³/mol. The molecular weight excluding hydrogens is 214 g/mol. The van der Waals surface area contributed by atoms with Gasteiger partial charge in [0.1, 0.15) is 0 Å². The molecule has 0 heterocycles. The highest BCUT2D eigenvalue weighted by Crippen LogP contribution is 2.17. The maximum Gasteiger partial charge on any atom is 0.0897 e. The Kier molecular flexibility index (Phi) is 4.98. The lowest BCUT2D eigenvalue weighted by atomic mass is 9.93. The van der Waals surface area contributed by atoms with Crippen LogP contribution in [0.2, 0.25) is 0 Å². The first kappa shape index (κ1) is 12.6. The van der Waals surface area contributed by atoms with Crippen LogP contribution in [0.4, 0.5) is 0 Å². The van der Waals surface area contributed by atoms with E-state index < -0.39 is 6.10 Å². The number of nitrogens with one attached hydrogen (secondary N) is 1. The summed E-state index contributed by atoms with van der Waals surface area (Å²) in [7, 11) is 0. The fourth-order valence-electron chi connectivity index (χ4n) is 1.86. The molecule has 1 aliphatic carbocycles. The average Bonchev–Trinajstić information content (AvgIpc) is 2.28. The third-order valence-corrected chi connectivity index (χ3v) is 3.17. The molecule has 94 valence electrons. The minimum absolute atomic E-state index is 0.397. The van der Waals surface area contributed by atoms with Gasteiger partial charge in [-0.1, -0.05) is 36.8 Å². The van der Waals surface area contributed by atoms with E-state index in [9.17, 15) is 5.11 Å². The molecular formula is C14H21NO2. The van der Waals surface area contributed by atoms with Crippen LogP contribution in [0.25, 0.3) is 0 Å². The van der Waals surface area contributed by atoms with Crippen molar-refractivity contribution in [1.29, 1.82) is 0 Å². The number of hydrogen-bond acceptors (Lipinski definition) is 3. The molecule has 1 aliphatic rings. The van der Waals surface area contributed by atoms with Gasteiger partial charge in [-0.25, -0.2) is 0 Å². The Morgan fingerprint density at radius 3 is 2.71 bits per heavy atom. The molecule has 0 aliphatic heterocycles. The second-order valence-corrected chi connectivity index (χ2v) is 4.69. The van der Waals surface area contributed by atoms with E-state index in [1.807, 2.05) is 30.3 Å². The maximum absolute atomic E-state index is 9.71. The molecule has 0 saturated heterocycles. The van der Waals surface area contributed by atoms with Crippen molar-refractivity contribution in [2.45, 2.75) is 38.0 Å². The van der Waals surface area contributed by atoms with E-state index in [2.05, 4.69) is 5.32 Å².